The van der Waals surface area contributed by atoms with E-state index in [9.17, 15) is 19.7 Å². The van der Waals surface area contributed by atoms with Crippen LogP contribution >= 0.6 is 11.6 Å². The van der Waals surface area contributed by atoms with Crippen LogP contribution in [0.1, 0.15) is 83.4 Å². The number of carbonyl (C=O) groups excluding carboxylic acids is 2. The summed E-state index contributed by atoms with van der Waals surface area (Å²) in [5.74, 6) is -1.53. The standard InChI is InChI=1S/C48H54BClN2O6Si/c1-48(2,3)59(37-17-9-5-10-18-37,38-19-11-6-12-20-38)57-31-34-28-39-45(47(55)52(46(39)54)35-15-7-4-8-16-35)40-30-49(56)58-43(44(34)40)25-23-33(42-21-13-14-26-51-42)27-32-22-24-36(53)29-41(32)50/h5-6,9-14,17-22,24,26-27,29,35,39-40,43,45,53,56H,4,7-8,15-16,23,25,28,30-31H2,1-3H3/b33-27-/t39-,40+,43-,45-/m1/s1. The van der Waals surface area contributed by atoms with Gasteiger partial charge in [-0.15, -0.1) is 0 Å². The van der Waals surface area contributed by atoms with Crippen molar-refractivity contribution in [2.75, 3.05) is 6.61 Å². The second-order valence-corrected chi connectivity index (χ2v) is 22.4. The van der Waals surface area contributed by atoms with E-state index in [4.69, 9.17) is 20.7 Å². The minimum Gasteiger partial charge on any atom is -0.508 e. The summed E-state index contributed by atoms with van der Waals surface area (Å²) < 4.78 is 14.1. The van der Waals surface area contributed by atoms with Gasteiger partial charge in [-0.1, -0.05) is 118 Å². The average Bonchev–Trinajstić information content (AvgIpc) is 3.49. The van der Waals surface area contributed by atoms with Gasteiger partial charge in [0.1, 0.15) is 5.75 Å². The van der Waals surface area contributed by atoms with Gasteiger partial charge in [0, 0.05) is 12.2 Å². The lowest BCUT2D eigenvalue weighted by Gasteiger charge is -2.46. The van der Waals surface area contributed by atoms with Crippen molar-refractivity contribution < 1.29 is 28.8 Å². The molecule has 2 N–H and O–H groups in total. The Kier molecular flexibility index (Phi) is 12.2. The van der Waals surface area contributed by atoms with Gasteiger partial charge in [-0.3, -0.25) is 19.5 Å². The molecule has 1 saturated carbocycles. The van der Waals surface area contributed by atoms with Crippen LogP contribution in [0.15, 0.2) is 114 Å². The maximum absolute atomic E-state index is 14.6. The molecule has 8 rings (SSSR count). The van der Waals surface area contributed by atoms with E-state index in [-0.39, 0.29) is 47.5 Å². The lowest BCUT2D eigenvalue weighted by molar-refractivity contribution is -0.143. The number of rotatable bonds is 11. The molecule has 2 aliphatic carbocycles. The van der Waals surface area contributed by atoms with Gasteiger partial charge >= 0.3 is 7.12 Å². The minimum atomic E-state index is -3.00. The van der Waals surface area contributed by atoms with Crippen molar-refractivity contribution in [2.45, 2.75) is 95.6 Å². The Labute approximate surface area is 354 Å². The number of imide groups is 1. The number of amides is 2. The first-order valence-corrected chi connectivity index (χ1v) is 23.5. The van der Waals surface area contributed by atoms with Gasteiger partial charge in [0.25, 0.3) is 8.32 Å². The monoisotopic (exact) mass is 828 g/mol. The number of carbonyl (C=O) groups is 2. The largest absolute Gasteiger partial charge is 0.508 e. The molecule has 2 amide bonds. The molecule has 0 unspecified atom stereocenters. The first-order chi connectivity index (χ1) is 28.5. The number of phenolic OH excluding ortho intramolecular Hbond substituents is 1. The fourth-order valence-electron chi connectivity index (χ4n) is 10.5. The predicted molar refractivity (Wildman–Crippen MR) is 237 cm³/mol. The smallest absolute Gasteiger partial charge is 0.455 e. The highest BCUT2D eigenvalue weighted by atomic mass is 35.5. The topological polar surface area (TPSA) is 109 Å². The molecule has 3 aromatic carbocycles. The fraction of sp³-hybridized carbons (Fsp3) is 0.396. The number of likely N-dealkylation sites (tertiary alicyclic amines) is 1. The molecule has 4 aliphatic rings. The van der Waals surface area contributed by atoms with Crippen LogP contribution in [0.3, 0.4) is 0 Å². The van der Waals surface area contributed by atoms with Crippen LogP contribution < -0.4 is 10.4 Å². The van der Waals surface area contributed by atoms with E-state index in [2.05, 4.69) is 74.3 Å². The number of pyridine rings is 1. The third-order valence-corrected chi connectivity index (χ3v) is 18.5. The molecule has 3 heterocycles. The summed E-state index contributed by atoms with van der Waals surface area (Å²) >= 11 is 6.61. The molecule has 3 fully saturated rings. The summed E-state index contributed by atoms with van der Waals surface area (Å²) in [6, 6.07) is 31.7. The summed E-state index contributed by atoms with van der Waals surface area (Å²) in [4.78, 5) is 35.5. The Hall–Kier alpha value is -4.32. The van der Waals surface area contributed by atoms with E-state index in [0.29, 0.717) is 24.3 Å². The third-order valence-electron chi connectivity index (χ3n) is 13.1. The van der Waals surface area contributed by atoms with Crippen LogP contribution in [0, 0.1) is 17.8 Å². The molecule has 0 bridgehead atoms. The number of phenols is 1. The van der Waals surface area contributed by atoms with E-state index >= 15 is 0 Å². The number of aromatic nitrogens is 1. The molecule has 8 nitrogen and oxygen atoms in total. The number of nitrogens with zero attached hydrogens (tertiary/aromatic N) is 2. The Morgan fingerprint density at radius 1 is 0.932 bits per heavy atom. The Balaban J connectivity index is 1.22. The highest BCUT2D eigenvalue weighted by Gasteiger charge is 2.59. The number of hydrogen-bond donors (Lipinski definition) is 2. The number of benzene rings is 3. The van der Waals surface area contributed by atoms with Crippen molar-refractivity contribution in [3.8, 4) is 5.75 Å². The molecule has 2 saturated heterocycles. The maximum Gasteiger partial charge on any atom is 0.455 e. The van der Waals surface area contributed by atoms with Gasteiger partial charge in [0.15, 0.2) is 0 Å². The van der Waals surface area contributed by atoms with Crippen molar-refractivity contribution in [3.63, 3.8) is 0 Å². The van der Waals surface area contributed by atoms with Crippen LogP contribution in [-0.2, 0) is 18.7 Å². The van der Waals surface area contributed by atoms with Crippen molar-refractivity contribution in [1.82, 2.24) is 9.88 Å². The van der Waals surface area contributed by atoms with Crippen LogP contribution in [0.4, 0.5) is 0 Å². The molecule has 4 atom stereocenters. The molecule has 4 aromatic rings. The number of hydrogen-bond acceptors (Lipinski definition) is 7. The number of halogens is 1. The lowest BCUT2D eigenvalue weighted by Crippen LogP contribution is -2.66. The Bertz CT molecular complexity index is 2170. The molecular formula is C48H54BClN2O6Si. The molecule has 0 radical (unpaired) electrons. The van der Waals surface area contributed by atoms with Gasteiger partial charge in [-0.25, -0.2) is 0 Å². The van der Waals surface area contributed by atoms with Crippen LogP contribution in [0.25, 0.3) is 11.6 Å². The number of allylic oxidation sites excluding steroid dienone is 1. The lowest BCUT2D eigenvalue weighted by atomic mass is 9.58. The molecule has 59 heavy (non-hydrogen) atoms. The first kappa shape index (κ1) is 41.4. The summed E-state index contributed by atoms with van der Waals surface area (Å²) in [5, 5.41) is 24.0. The van der Waals surface area contributed by atoms with E-state index < -0.39 is 33.4 Å². The third kappa shape index (κ3) is 8.14. The molecule has 2 aliphatic heterocycles. The first-order valence-electron chi connectivity index (χ1n) is 21.2. The zero-order valence-corrected chi connectivity index (χ0v) is 36.0. The minimum absolute atomic E-state index is 0.0717. The number of aromatic hydroxyl groups is 1. The van der Waals surface area contributed by atoms with Gasteiger partial charge in [0.2, 0.25) is 11.8 Å². The molecule has 306 valence electrons. The average molecular weight is 829 g/mol. The predicted octanol–water partition coefficient (Wildman–Crippen LogP) is 8.47. The number of fused-ring (bicyclic) bond motifs is 3. The second kappa shape index (κ2) is 17.3. The van der Waals surface area contributed by atoms with Gasteiger partial charge < -0.3 is 19.2 Å². The van der Waals surface area contributed by atoms with Gasteiger partial charge in [-0.05, 0) is 118 Å². The van der Waals surface area contributed by atoms with Crippen molar-refractivity contribution in [2.24, 2.45) is 17.8 Å². The van der Waals surface area contributed by atoms with Crippen molar-refractivity contribution in [1.29, 1.82) is 0 Å². The van der Waals surface area contributed by atoms with E-state index in [1.165, 1.54) is 6.07 Å². The molecule has 1 aromatic heterocycles. The van der Waals surface area contributed by atoms with Crippen molar-refractivity contribution in [3.05, 3.63) is 131 Å². The highest BCUT2D eigenvalue weighted by molar-refractivity contribution is 6.99. The van der Waals surface area contributed by atoms with Crippen LogP contribution in [-0.4, -0.2) is 66.0 Å². The summed E-state index contributed by atoms with van der Waals surface area (Å²) in [6.07, 6.45) is 9.66. The zero-order valence-electron chi connectivity index (χ0n) is 34.2. The summed E-state index contributed by atoms with van der Waals surface area (Å²) in [7, 11) is -4.10. The van der Waals surface area contributed by atoms with Crippen LogP contribution in [0.5, 0.6) is 5.75 Å². The van der Waals surface area contributed by atoms with Gasteiger partial charge in [-0.2, -0.15) is 0 Å². The van der Waals surface area contributed by atoms with E-state index in [1.807, 2.05) is 36.4 Å². The quantitative estimate of drug-likeness (QED) is 0.0888. The Morgan fingerprint density at radius 2 is 1.61 bits per heavy atom. The highest BCUT2D eigenvalue weighted by Crippen LogP contribution is 2.52. The Morgan fingerprint density at radius 3 is 2.24 bits per heavy atom. The van der Waals surface area contributed by atoms with Crippen molar-refractivity contribution >= 4 is 60.9 Å². The zero-order chi connectivity index (χ0) is 41.3. The molecular weight excluding hydrogens is 775 g/mol. The van der Waals surface area contributed by atoms with E-state index in [1.54, 1.807) is 23.2 Å². The van der Waals surface area contributed by atoms with E-state index in [0.717, 1.165) is 70.5 Å². The SMILES string of the molecule is CC(C)(C)[Si](OCC1=C2[C@@H](CC/C(=C/c3ccc(O)cc3Cl)c3ccccn3)OB(O)C[C@@H]2[C@@H]2C(=O)N(C3CCCCC3)C(=O)[C@@H]2C1)(c1ccccc1)c1ccccc1. The molecule has 0 spiro atoms. The second-order valence-electron chi connectivity index (χ2n) is 17.7. The maximum atomic E-state index is 14.6. The van der Waals surface area contributed by atoms with Gasteiger partial charge in [0.05, 0.1) is 35.3 Å². The normalized spacial score (nSPS) is 23.1. The van der Waals surface area contributed by atoms with Crippen LogP contribution in [0.2, 0.25) is 16.4 Å². The summed E-state index contributed by atoms with van der Waals surface area (Å²) in [6.45, 7) is 7.04. The molecule has 11 heteroatoms. The summed E-state index contributed by atoms with van der Waals surface area (Å²) in [5.41, 5.74) is 4.41. The fourth-order valence-corrected chi connectivity index (χ4v) is 15.3.